The minimum absolute atomic E-state index is 0.0382. The van der Waals surface area contributed by atoms with Gasteiger partial charge < -0.3 is 10.4 Å². The maximum atomic E-state index is 13.4. The summed E-state index contributed by atoms with van der Waals surface area (Å²) in [7, 11) is 0. The van der Waals surface area contributed by atoms with Gasteiger partial charge in [0.1, 0.15) is 0 Å². The quantitative estimate of drug-likeness (QED) is 0.393. The van der Waals surface area contributed by atoms with Crippen molar-refractivity contribution in [3.8, 4) is 5.88 Å². The second-order valence-corrected chi connectivity index (χ2v) is 9.72. The van der Waals surface area contributed by atoms with Gasteiger partial charge in [0.25, 0.3) is 0 Å². The SMILES string of the molecule is O=C(NCCc1ccc(Cc2sc(=O)[nH]c2O)cc1)C1c2ccccc2CCc2ccccc21. The van der Waals surface area contributed by atoms with Gasteiger partial charge in [-0.15, -0.1) is 0 Å². The molecule has 3 aromatic carbocycles. The highest BCUT2D eigenvalue weighted by atomic mass is 32.1. The summed E-state index contributed by atoms with van der Waals surface area (Å²) in [5.74, 6) is -0.307. The van der Waals surface area contributed by atoms with Crippen LogP contribution in [-0.4, -0.2) is 22.5 Å². The topological polar surface area (TPSA) is 82.2 Å². The van der Waals surface area contributed by atoms with Gasteiger partial charge in [-0.3, -0.25) is 14.6 Å². The lowest BCUT2D eigenvalue weighted by Gasteiger charge is -2.20. The normalized spacial score (nSPS) is 13.1. The zero-order valence-electron chi connectivity index (χ0n) is 18.7. The number of thiazole rings is 1. The zero-order chi connectivity index (χ0) is 23.5. The molecule has 1 amide bonds. The van der Waals surface area contributed by atoms with E-state index >= 15 is 0 Å². The molecule has 1 heterocycles. The number of benzene rings is 3. The molecule has 0 bridgehead atoms. The van der Waals surface area contributed by atoms with Crippen LogP contribution in [0.4, 0.5) is 0 Å². The van der Waals surface area contributed by atoms with Crippen LogP contribution in [0, 0.1) is 0 Å². The highest BCUT2D eigenvalue weighted by Crippen LogP contribution is 2.34. The van der Waals surface area contributed by atoms with Crippen molar-refractivity contribution in [3.05, 3.63) is 121 Å². The molecule has 1 aliphatic carbocycles. The predicted octanol–water partition coefficient (Wildman–Crippen LogP) is 4.32. The average Bonchev–Trinajstić information content (AvgIpc) is 3.06. The van der Waals surface area contributed by atoms with E-state index in [-0.39, 0.29) is 22.6 Å². The van der Waals surface area contributed by atoms with Crippen molar-refractivity contribution >= 4 is 17.2 Å². The average molecular weight is 471 g/mol. The number of H-pyrrole nitrogens is 1. The van der Waals surface area contributed by atoms with Crippen LogP contribution >= 0.6 is 11.3 Å². The number of amides is 1. The molecule has 3 N–H and O–H groups in total. The third-order valence-electron chi connectivity index (χ3n) is 6.46. The van der Waals surface area contributed by atoms with Crippen LogP contribution in [0.3, 0.4) is 0 Å². The van der Waals surface area contributed by atoms with E-state index in [0.29, 0.717) is 17.8 Å². The van der Waals surface area contributed by atoms with Gasteiger partial charge in [-0.2, -0.15) is 0 Å². The summed E-state index contributed by atoms with van der Waals surface area (Å²) in [4.78, 5) is 27.5. The summed E-state index contributed by atoms with van der Waals surface area (Å²) >= 11 is 1.03. The van der Waals surface area contributed by atoms with Crippen LogP contribution in [0.15, 0.2) is 77.6 Å². The molecule has 172 valence electrons. The van der Waals surface area contributed by atoms with E-state index in [0.717, 1.165) is 52.9 Å². The molecule has 6 heteroatoms. The lowest BCUT2D eigenvalue weighted by Crippen LogP contribution is -2.32. The minimum atomic E-state index is -0.293. The smallest absolute Gasteiger partial charge is 0.307 e. The number of hydrogen-bond donors (Lipinski definition) is 3. The number of nitrogens with one attached hydrogen (secondary N) is 2. The molecule has 0 fully saturated rings. The van der Waals surface area contributed by atoms with Crippen LogP contribution in [0.5, 0.6) is 5.88 Å². The molecule has 0 aliphatic heterocycles. The summed E-state index contributed by atoms with van der Waals surface area (Å²) in [6.45, 7) is 0.555. The Labute approximate surface area is 202 Å². The Balaban J connectivity index is 1.25. The maximum absolute atomic E-state index is 13.4. The Hall–Kier alpha value is -3.64. The number of hydrogen-bond acceptors (Lipinski definition) is 4. The Kier molecular flexibility index (Phi) is 6.32. The van der Waals surface area contributed by atoms with Gasteiger partial charge in [0.2, 0.25) is 11.8 Å². The highest BCUT2D eigenvalue weighted by molar-refractivity contribution is 7.09. The fourth-order valence-corrected chi connectivity index (χ4v) is 5.48. The van der Waals surface area contributed by atoms with E-state index in [9.17, 15) is 14.7 Å². The fraction of sp³-hybridized carbons (Fsp3) is 0.214. The first-order valence-electron chi connectivity index (χ1n) is 11.5. The van der Waals surface area contributed by atoms with Gasteiger partial charge in [-0.05, 0) is 52.6 Å². The molecule has 0 spiro atoms. The van der Waals surface area contributed by atoms with Crippen LogP contribution in [-0.2, 0) is 30.5 Å². The monoisotopic (exact) mass is 470 g/mol. The molecule has 4 aromatic rings. The second-order valence-electron chi connectivity index (χ2n) is 8.65. The highest BCUT2D eigenvalue weighted by Gasteiger charge is 2.28. The summed E-state index contributed by atoms with van der Waals surface area (Å²) in [6.07, 6.45) is 3.12. The van der Waals surface area contributed by atoms with Gasteiger partial charge in [0.15, 0.2) is 0 Å². The van der Waals surface area contributed by atoms with Crippen molar-refractivity contribution in [3.63, 3.8) is 0 Å². The van der Waals surface area contributed by atoms with Gasteiger partial charge in [0.05, 0.1) is 10.8 Å². The molecule has 5 rings (SSSR count). The van der Waals surface area contributed by atoms with Crippen molar-refractivity contribution < 1.29 is 9.90 Å². The number of fused-ring (bicyclic) bond motifs is 2. The van der Waals surface area contributed by atoms with Crippen molar-refractivity contribution in [1.29, 1.82) is 0 Å². The van der Waals surface area contributed by atoms with E-state index in [2.05, 4.69) is 34.6 Å². The molecule has 34 heavy (non-hydrogen) atoms. The molecule has 0 saturated carbocycles. The summed E-state index contributed by atoms with van der Waals surface area (Å²) in [6, 6.07) is 24.6. The minimum Gasteiger partial charge on any atom is -0.494 e. The molecular formula is C28H26N2O3S. The number of rotatable bonds is 6. The van der Waals surface area contributed by atoms with Crippen LogP contribution in [0.2, 0.25) is 0 Å². The molecular weight excluding hydrogens is 444 g/mol. The third kappa shape index (κ3) is 4.68. The first kappa shape index (κ1) is 22.2. The standard InChI is InChI=1S/C28H26N2O3S/c31-26-24(34-28(33)30-26)17-19-11-9-18(10-12-19)15-16-29-27(32)25-22-7-3-1-5-20(22)13-14-21-6-2-4-8-23(21)25/h1-12,25,31H,13-17H2,(H,29,32)(H,30,33). The Morgan fingerprint density at radius 3 is 2.09 bits per heavy atom. The van der Waals surface area contributed by atoms with Gasteiger partial charge >= 0.3 is 4.87 Å². The molecule has 0 unspecified atom stereocenters. The summed E-state index contributed by atoms with van der Waals surface area (Å²) < 4.78 is 0. The number of carbonyl (C=O) groups is 1. The lowest BCUT2D eigenvalue weighted by molar-refractivity contribution is -0.121. The Morgan fingerprint density at radius 2 is 1.50 bits per heavy atom. The Morgan fingerprint density at radius 1 is 0.912 bits per heavy atom. The van der Waals surface area contributed by atoms with Crippen LogP contribution < -0.4 is 10.2 Å². The maximum Gasteiger partial charge on any atom is 0.307 e. The van der Waals surface area contributed by atoms with E-state index < -0.39 is 0 Å². The first-order valence-corrected chi connectivity index (χ1v) is 12.3. The first-order chi connectivity index (χ1) is 16.6. The number of aryl methyl sites for hydroxylation is 2. The van der Waals surface area contributed by atoms with Crippen molar-refractivity contribution in [1.82, 2.24) is 10.3 Å². The van der Waals surface area contributed by atoms with Gasteiger partial charge in [-0.25, -0.2) is 0 Å². The Bertz CT molecular complexity index is 1320. The van der Waals surface area contributed by atoms with E-state index in [1.165, 1.54) is 11.1 Å². The third-order valence-corrected chi connectivity index (χ3v) is 7.33. The molecule has 0 atom stereocenters. The predicted molar refractivity (Wildman–Crippen MR) is 135 cm³/mol. The van der Waals surface area contributed by atoms with Crippen molar-refractivity contribution in [2.24, 2.45) is 0 Å². The van der Waals surface area contributed by atoms with E-state index in [1.54, 1.807) is 0 Å². The molecule has 1 aliphatic rings. The number of aromatic nitrogens is 1. The van der Waals surface area contributed by atoms with Gasteiger partial charge in [0, 0.05) is 13.0 Å². The molecule has 0 saturated heterocycles. The van der Waals surface area contributed by atoms with Crippen molar-refractivity contribution in [2.45, 2.75) is 31.6 Å². The zero-order valence-corrected chi connectivity index (χ0v) is 19.5. The lowest BCUT2D eigenvalue weighted by atomic mass is 9.87. The van der Waals surface area contributed by atoms with Gasteiger partial charge in [-0.1, -0.05) is 84.1 Å². The molecule has 5 nitrogen and oxygen atoms in total. The van der Waals surface area contributed by atoms with Crippen LogP contribution in [0.25, 0.3) is 0 Å². The summed E-state index contributed by atoms with van der Waals surface area (Å²) in [5.41, 5.74) is 6.83. The number of aromatic amines is 1. The molecule has 0 radical (unpaired) electrons. The summed E-state index contributed by atoms with van der Waals surface area (Å²) in [5, 5.41) is 12.9. The van der Waals surface area contributed by atoms with Crippen molar-refractivity contribution in [2.75, 3.05) is 6.54 Å². The number of aromatic hydroxyl groups is 1. The van der Waals surface area contributed by atoms with Crippen LogP contribution in [0.1, 0.15) is 44.2 Å². The largest absolute Gasteiger partial charge is 0.494 e. The molecule has 1 aromatic heterocycles. The fourth-order valence-electron chi connectivity index (χ4n) is 4.72. The number of carbonyl (C=O) groups excluding carboxylic acids is 1. The second kappa shape index (κ2) is 9.69. The van der Waals surface area contributed by atoms with E-state index in [1.807, 2.05) is 48.5 Å². The van der Waals surface area contributed by atoms with E-state index in [4.69, 9.17) is 0 Å².